The van der Waals surface area contributed by atoms with Crippen molar-refractivity contribution in [3.05, 3.63) is 23.4 Å². The van der Waals surface area contributed by atoms with Crippen LogP contribution in [0.3, 0.4) is 0 Å². The quantitative estimate of drug-likeness (QED) is 0.118. The van der Waals surface area contributed by atoms with Crippen molar-refractivity contribution < 1.29 is 37.7 Å². The van der Waals surface area contributed by atoms with Gasteiger partial charge in [-0.15, -0.1) is 0 Å². The average molecular weight is 758 g/mol. The topological polar surface area (TPSA) is 168 Å². The molecule has 1 amide bonds. The Hall–Kier alpha value is -3.64. The van der Waals surface area contributed by atoms with Gasteiger partial charge in [-0.1, -0.05) is 100 Å². The zero-order valence-corrected chi connectivity index (χ0v) is 34.5. The number of hydrogen-bond donors (Lipinski definition) is 0. The first-order valence-electron chi connectivity index (χ1n) is 20.2. The Morgan fingerprint density at radius 2 is 1.06 bits per heavy atom. The lowest BCUT2D eigenvalue weighted by Gasteiger charge is -2.23. The van der Waals surface area contributed by atoms with E-state index in [2.05, 4.69) is 20.3 Å². The Morgan fingerprint density at radius 3 is 1.41 bits per heavy atom. The minimum absolute atomic E-state index is 0.0291. The smallest absolute Gasteiger partial charge is 0.307 e. The molecule has 2 aliphatic carbocycles. The monoisotopic (exact) mass is 757 g/mol. The van der Waals surface area contributed by atoms with Crippen LogP contribution in [0.5, 0.6) is 0 Å². The molecule has 0 spiro atoms. The van der Waals surface area contributed by atoms with Gasteiger partial charge in [0, 0.05) is 32.9 Å². The molecule has 2 aliphatic rings. The SMILES string of the molecule is CC(=O)c1noc([C@H](CCCC2CCCCC2)CC(=O)OC(C)(C)C)n1.CN(C)C(=O)c1noc([C@H](CCCC2CCCCC2)CC(=O)OC(C)(C)C)n1. The molecule has 4 rings (SSSR count). The standard InChI is InChI=1S/C21H35N3O4.C20H32N2O4/c1-21(2,3)27-17(25)14-16(13-9-12-15-10-7-6-8-11-15)19-22-18(23-28-19)20(26)24(4)5;1-14(23)18-21-19(26-22-18)16(13-17(24)25-20(2,3)4)12-8-11-15-9-6-5-7-10-15/h15-16H,6-14H2,1-5H3;15-16H,5-13H2,1-4H3/t2*16-/m11/s1. The number of aromatic nitrogens is 4. The fourth-order valence-electron chi connectivity index (χ4n) is 7.28. The molecule has 54 heavy (non-hydrogen) atoms. The van der Waals surface area contributed by atoms with Gasteiger partial charge >= 0.3 is 11.9 Å². The molecule has 304 valence electrons. The third-order valence-corrected chi connectivity index (χ3v) is 9.94. The summed E-state index contributed by atoms with van der Waals surface area (Å²) in [4.78, 5) is 58.0. The number of Topliss-reactive ketones (excluding diaryl/α,β-unsaturated/α-hetero) is 1. The molecule has 0 aromatic carbocycles. The minimum atomic E-state index is -0.537. The van der Waals surface area contributed by atoms with Gasteiger partial charge in [0.1, 0.15) is 11.2 Å². The van der Waals surface area contributed by atoms with E-state index in [-0.39, 0.29) is 60.0 Å². The second kappa shape index (κ2) is 21.5. The van der Waals surface area contributed by atoms with E-state index in [1.807, 2.05) is 41.5 Å². The molecule has 2 aromatic rings. The number of esters is 2. The van der Waals surface area contributed by atoms with Gasteiger partial charge < -0.3 is 23.4 Å². The summed E-state index contributed by atoms with van der Waals surface area (Å²) >= 11 is 0. The van der Waals surface area contributed by atoms with E-state index in [9.17, 15) is 19.2 Å². The molecule has 0 N–H and O–H groups in total. The molecule has 0 unspecified atom stereocenters. The summed E-state index contributed by atoms with van der Waals surface area (Å²) < 4.78 is 21.5. The van der Waals surface area contributed by atoms with Crippen LogP contribution in [0, 0.1) is 11.8 Å². The Bertz CT molecular complexity index is 1460. The Balaban J connectivity index is 0.000000291. The highest BCUT2D eigenvalue weighted by molar-refractivity contribution is 5.90. The number of hydrogen-bond acceptors (Lipinski definition) is 12. The summed E-state index contributed by atoms with van der Waals surface area (Å²) in [5, 5.41) is 7.54. The fourth-order valence-corrected chi connectivity index (χ4v) is 7.28. The first-order valence-corrected chi connectivity index (χ1v) is 20.2. The summed E-state index contributed by atoms with van der Waals surface area (Å²) in [5.41, 5.74) is -1.06. The van der Waals surface area contributed by atoms with Gasteiger partial charge in [-0.3, -0.25) is 19.2 Å². The number of carbonyl (C=O) groups excluding carboxylic acids is 4. The van der Waals surface area contributed by atoms with E-state index in [1.165, 1.54) is 82.5 Å². The van der Waals surface area contributed by atoms with Crippen molar-refractivity contribution in [1.82, 2.24) is 25.2 Å². The molecule has 13 nitrogen and oxygen atoms in total. The maximum absolute atomic E-state index is 12.4. The summed E-state index contributed by atoms with van der Waals surface area (Å²) in [7, 11) is 3.28. The number of ether oxygens (including phenoxy) is 2. The molecule has 13 heteroatoms. The summed E-state index contributed by atoms with van der Waals surface area (Å²) in [6, 6.07) is 0. The van der Waals surface area contributed by atoms with Crippen LogP contribution in [0.25, 0.3) is 0 Å². The average Bonchev–Trinajstić information content (AvgIpc) is 3.78. The molecule has 0 aliphatic heterocycles. The van der Waals surface area contributed by atoms with Crippen LogP contribution in [0.2, 0.25) is 0 Å². The number of nitrogens with zero attached hydrogens (tertiary/aromatic N) is 5. The van der Waals surface area contributed by atoms with Gasteiger partial charge in [-0.05, 0) is 66.2 Å². The van der Waals surface area contributed by atoms with Crippen molar-refractivity contribution in [2.24, 2.45) is 11.8 Å². The van der Waals surface area contributed by atoms with E-state index in [1.54, 1.807) is 14.1 Å². The molecule has 0 saturated heterocycles. The molecular weight excluding hydrogens is 690 g/mol. The van der Waals surface area contributed by atoms with E-state index in [0.717, 1.165) is 43.9 Å². The molecule has 2 aromatic heterocycles. The van der Waals surface area contributed by atoms with Crippen LogP contribution in [-0.4, -0.2) is 74.1 Å². The number of carbonyl (C=O) groups is 4. The van der Waals surface area contributed by atoms with Crippen molar-refractivity contribution in [2.75, 3.05) is 14.1 Å². The maximum Gasteiger partial charge on any atom is 0.307 e. The van der Waals surface area contributed by atoms with Crippen molar-refractivity contribution in [3.63, 3.8) is 0 Å². The van der Waals surface area contributed by atoms with Crippen molar-refractivity contribution >= 4 is 23.6 Å². The van der Waals surface area contributed by atoms with Gasteiger partial charge in [-0.2, -0.15) is 9.97 Å². The maximum atomic E-state index is 12.4. The van der Waals surface area contributed by atoms with Crippen molar-refractivity contribution in [2.45, 2.75) is 187 Å². The highest BCUT2D eigenvalue weighted by atomic mass is 16.6. The third kappa shape index (κ3) is 16.8. The zero-order chi connectivity index (χ0) is 39.9. The lowest BCUT2D eigenvalue weighted by molar-refractivity contribution is -0.156. The van der Waals surface area contributed by atoms with Gasteiger partial charge in [0.15, 0.2) is 0 Å². The van der Waals surface area contributed by atoms with E-state index >= 15 is 0 Å². The van der Waals surface area contributed by atoms with Crippen LogP contribution >= 0.6 is 0 Å². The molecule has 0 bridgehead atoms. The Labute approximate surface area is 322 Å². The van der Waals surface area contributed by atoms with Gasteiger partial charge in [0.25, 0.3) is 11.7 Å². The van der Waals surface area contributed by atoms with Crippen molar-refractivity contribution in [3.8, 4) is 0 Å². The van der Waals surface area contributed by atoms with Crippen LogP contribution in [0.1, 0.15) is 209 Å². The first-order chi connectivity index (χ1) is 25.4. The predicted octanol–water partition coefficient (Wildman–Crippen LogP) is 9.18. The number of amides is 1. The highest BCUT2D eigenvalue weighted by Gasteiger charge is 2.29. The minimum Gasteiger partial charge on any atom is -0.460 e. The van der Waals surface area contributed by atoms with Crippen LogP contribution < -0.4 is 0 Å². The summed E-state index contributed by atoms with van der Waals surface area (Å²) in [5.74, 6) is 0.852. The summed E-state index contributed by atoms with van der Waals surface area (Å²) in [6.07, 6.45) is 19.5. The normalized spacial score (nSPS) is 16.8. The highest BCUT2D eigenvalue weighted by Crippen LogP contribution is 2.33. The predicted molar refractivity (Wildman–Crippen MR) is 204 cm³/mol. The lowest BCUT2D eigenvalue weighted by Crippen LogP contribution is -2.25. The fraction of sp³-hybridized carbons (Fsp3) is 0.805. The van der Waals surface area contributed by atoms with Crippen LogP contribution in [-0.2, 0) is 19.1 Å². The van der Waals surface area contributed by atoms with Gasteiger partial charge in [-0.25, -0.2) is 0 Å². The molecular formula is C41H67N5O8. The first kappa shape index (κ1) is 44.8. The molecule has 2 atom stereocenters. The van der Waals surface area contributed by atoms with Crippen LogP contribution in [0.15, 0.2) is 9.05 Å². The molecule has 2 saturated carbocycles. The largest absolute Gasteiger partial charge is 0.460 e. The van der Waals surface area contributed by atoms with Gasteiger partial charge in [0.05, 0.1) is 12.8 Å². The number of rotatable bonds is 16. The molecule has 2 heterocycles. The van der Waals surface area contributed by atoms with Gasteiger partial charge in [0.2, 0.25) is 23.4 Å². The van der Waals surface area contributed by atoms with E-state index in [4.69, 9.17) is 18.5 Å². The second-order valence-corrected chi connectivity index (χ2v) is 17.5. The van der Waals surface area contributed by atoms with Crippen LogP contribution in [0.4, 0.5) is 0 Å². The number of ketones is 1. The Kier molecular flexibility index (Phi) is 17.8. The molecule has 0 radical (unpaired) electrons. The second-order valence-electron chi connectivity index (χ2n) is 17.5. The molecule has 2 fully saturated rings. The van der Waals surface area contributed by atoms with E-state index < -0.39 is 11.2 Å². The lowest BCUT2D eigenvalue weighted by atomic mass is 9.84. The Morgan fingerprint density at radius 1 is 0.667 bits per heavy atom. The zero-order valence-electron chi connectivity index (χ0n) is 34.5. The summed E-state index contributed by atoms with van der Waals surface area (Å²) in [6.45, 7) is 12.5. The van der Waals surface area contributed by atoms with Crippen molar-refractivity contribution in [1.29, 1.82) is 0 Å². The third-order valence-electron chi connectivity index (χ3n) is 9.94. The van der Waals surface area contributed by atoms with E-state index in [0.29, 0.717) is 11.8 Å².